The fourth-order valence-corrected chi connectivity index (χ4v) is 3.86. The third-order valence-electron chi connectivity index (χ3n) is 5.11. The second-order valence-electron chi connectivity index (χ2n) is 7.60. The minimum Gasteiger partial charge on any atom is -0.492 e. The Morgan fingerprint density at radius 2 is 1.56 bits per heavy atom. The van der Waals surface area contributed by atoms with Gasteiger partial charge in [0.25, 0.3) is 11.8 Å². The van der Waals surface area contributed by atoms with E-state index in [4.69, 9.17) is 4.74 Å². The molecule has 0 radical (unpaired) electrons. The van der Waals surface area contributed by atoms with Crippen LogP contribution in [-0.2, 0) is 9.59 Å². The highest BCUT2D eigenvalue weighted by atomic mass is 19.1. The average Bonchev–Trinajstić information content (AvgIpc) is 2.98. The lowest BCUT2D eigenvalue weighted by molar-refractivity contribution is -0.120. The molecule has 5 nitrogen and oxygen atoms in total. The Kier molecular flexibility index (Phi) is 5.77. The van der Waals surface area contributed by atoms with Crippen molar-refractivity contribution in [3.63, 3.8) is 0 Å². The van der Waals surface area contributed by atoms with Crippen LogP contribution in [0.3, 0.4) is 0 Å². The number of nitrogens with zero attached hydrogens (tertiary/aromatic N) is 1. The molecule has 0 saturated heterocycles. The summed E-state index contributed by atoms with van der Waals surface area (Å²) in [5.74, 6) is -0.988. The quantitative estimate of drug-likeness (QED) is 0.544. The molecule has 1 aliphatic rings. The number of imide groups is 1. The first-order valence-corrected chi connectivity index (χ1v) is 10.3. The van der Waals surface area contributed by atoms with Crippen molar-refractivity contribution in [3.8, 4) is 5.75 Å². The van der Waals surface area contributed by atoms with Gasteiger partial charge in [-0.1, -0.05) is 30.3 Å². The van der Waals surface area contributed by atoms with Gasteiger partial charge in [-0.2, -0.15) is 0 Å². The highest BCUT2D eigenvalue weighted by Crippen LogP contribution is 2.38. The second kappa shape index (κ2) is 8.67. The van der Waals surface area contributed by atoms with Gasteiger partial charge in [0, 0.05) is 5.69 Å². The fraction of sp³-hybridized carbons (Fsp3) is 0.154. The number of benzene rings is 3. The molecule has 0 fully saturated rings. The summed E-state index contributed by atoms with van der Waals surface area (Å²) in [5.41, 5.74) is 3.87. The van der Waals surface area contributed by atoms with E-state index in [0.29, 0.717) is 29.3 Å². The molecular weight excluding hydrogens is 407 g/mol. The van der Waals surface area contributed by atoms with E-state index in [1.807, 2.05) is 39.0 Å². The Hall–Kier alpha value is -3.93. The van der Waals surface area contributed by atoms with E-state index in [1.165, 1.54) is 24.3 Å². The molecule has 0 saturated carbocycles. The number of anilines is 2. The molecule has 0 atom stereocenters. The smallest absolute Gasteiger partial charge is 0.282 e. The monoisotopic (exact) mass is 430 g/mol. The highest BCUT2D eigenvalue weighted by molar-refractivity contribution is 6.46. The number of nitrogens with one attached hydrogen (secondary N) is 1. The van der Waals surface area contributed by atoms with Crippen molar-refractivity contribution >= 4 is 28.8 Å². The number of halogens is 1. The fourth-order valence-electron chi connectivity index (χ4n) is 3.86. The summed E-state index contributed by atoms with van der Waals surface area (Å²) >= 11 is 0. The normalized spacial score (nSPS) is 13.7. The number of carbonyl (C=O) groups excluding carboxylic acids is 2. The van der Waals surface area contributed by atoms with E-state index in [1.54, 1.807) is 24.3 Å². The minimum atomic E-state index is -0.499. The van der Waals surface area contributed by atoms with Crippen molar-refractivity contribution in [1.82, 2.24) is 0 Å². The third kappa shape index (κ3) is 3.99. The van der Waals surface area contributed by atoms with Gasteiger partial charge in [0.2, 0.25) is 0 Å². The van der Waals surface area contributed by atoms with Crippen LogP contribution in [0.5, 0.6) is 5.75 Å². The zero-order valence-corrected chi connectivity index (χ0v) is 18.1. The molecule has 4 rings (SSSR count). The molecule has 32 heavy (non-hydrogen) atoms. The van der Waals surface area contributed by atoms with Crippen LogP contribution in [0.25, 0.3) is 5.57 Å². The maximum absolute atomic E-state index is 13.6. The molecule has 2 amide bonds. The summed E-state index contributed by atoms with van der Waals surface area (Å²) in [6.07, 6.45) is 0. The topological polar surface area (TPSA) is 58.6 Å². The highest BCUT2D eigenvalue weighted by Gasteiger charge is 2.41. The second-order valence-corrected chi connectivity index (χ2v) is 7.60. The molecule has 0 aromatic heterocycles. The molecule has 0 bridgehead atoms. The molecular formula is C26H23FN2O3. The van der Waals surface area contributed by atoms with Gasteiger partial charge < -0.3 is 10.1 Å². The lowest BCUT2D eigenvalue weighted by Crippen LogP contribution is -2.32. The Balaban J connectivity index is 1.84. The lowest BCUT2D eigenvalue weighted by Gasteiger charge is -2.19. The van der Waals surface area contributed by atoms with Gasteiger partial charge in [-0.25, -0.2) is 9.29 Å². The van der Waals surface area contributed by atoms with E-state index < -0.39 is 17.6 Å². The molecule has 162 valence electrons. The first-order chi connectivity index (χ1) is 15.4. The lowest BCUT2D eigenvalue weighted by atomic mass is 10.0. The van der Waals surface area contributed by atoms with Crippen LogP contribution in [0, 0.1) is 19.7 Å². The van der Waals surface area contributed by atoms with Gasteiger partial charge >= 0.3 is 0 Å². The standard InChI is InChI=1S/C26H23FN2O3/c1-4-32-22-8-6-5-7-21(22)29-25(30)23(18-9-11-19(27)12-10-18)24(26(29)31)28-20-14-16(2)13-17(3)15-20/h5-15,28H,4H2,1-3H3. The van der Waals surface area contributed by atoms with Crippen LogP contribution in [0.1, 0.15) is 23.6 Å². The molecule has 0 spiro atoms. The minimum absolute atomic E-state index is 0.137. The van der Waals surface area contributed by atoms with Gasteiger partial charge in [0.15, 0.2) is 0 Å². The summed E-state index contributed by atoms with van der Waals surface area (Å²) < 4.78 is 19.2. The third-order valence-corrected chi connectivity index (χ3v) is 5.11. The Bertz CT molecular complexity index is 1210. The molecule has 1 aliphatic heterocycles. The first-order valence-electron chi connectivity index (χ1n) is 10.3. The van der Waals surface area contributed by atoms with Crippen LogP contribution in [-0.4, -0.2) is 18.4 Å². The van der Waals surface area contributed by atoms with Gasteiger partial charge in [-0.05, 0) is 73.9 Å². The predicted octanol–water partition coefficient (Wildman–Crippen LogP) is 5.24. The van der Waals surface area contributed by atoms with E-state index in [2.05, 4.69) is 5.32 Å². The largest absolute Gasteiger partial charge is 0.492 e. The molecule has 1 N–H and O–H groups in total. The molecule has 6 heteroatoms. The molecule has 0 aliphatic carbocycles. The van der Waals surface area contributed by atoms with Crippen LogP contribution in [0.2, 0.25) is 0 Å². The van der Waals surface area contributed by atoms with E-state index in [9.17, 15) is 14.0 Å². The zero-order chi connectivity index (χ0) is 22.8. The van der Waals surface area contributed by atoms with Crippen molar-refractivity contribution in [2.45, 2.75) is 20.8 Å². The molecule has 3 aromatic rings. The van der Waals surface area contributed by atoms with E-state index >= 15 is 0 Å². The average molecular weight is 430 g/mol. The number of ether oxygens (including phenoxy) is 1. The Labute approximate surface area is 186 Å². The van der Waals surface area contributed by atoms with Crippen LogP contribution in [0.15, 0.2) is 72.4 Å². The van der Waals surface area contributed by atoms with Gasteiger partial charge in [0.1, 0.15) is 17.3 Å². The van der Waals surface area contributed by atoms with Crippen LogP contribution >= 0.6 is 0 Å². The number of aryl methyl sites for hydroxylation is 2. The van der Waals surface area contributed by atoms with E-state index in [-0.39, 0.29) is 11.3 Å². The number of para-hydroxylation sites is 2. The number of hydrogen-bond acceptors (Lipinski definition) is 4. The number of rotatable bonds is 6. The Morgan fingerprint density at radius 1 is 0.906 bits per heavy atom. The molecule has 1 heterocycles. The molecule has 3 aromatic carbocycles. The van der Waals surface area contributed by atoms with Gasteiger partial charge in [-0.3, -0.25) is 9.59 Å². The predicted molar refractivity (Wildman–Crippen MR) is 123 cm³/mol. The van der Waals surface area contributed by atoms with Crippen molar-refractivity contribution < 1.29 is 18.7 Å². The summed E-state index contributed by atoms with van der Waals surface area (Å²) in [7, 11) is 0. The van der Waals surface area contributed by atoms with E-state index in [0.717, 1.165) is 16.0 Å². The number of amides is 2. The summed E-state index contributed by atoms with van der Waals surface area (Å²) in [6.45, 7) is 6.14. The number of hydrogen-bond donors (Lipinski definition) is 1. The Morgan fingerprint density at radius 3 is 2.22 bits per heavy atom. The van der Waals surface area contributed by atoms with Crippen molar-refractivity contribution in [3.05, 3.63) is 94.9 Å². The van der Waals surface area contributed by atoms with Crippen molar-refractivity contribution in [1.29, 1.82) is 0 Å². The zero-order valence-electron chi connectivity index (χ0n) is 18.1. The van der Waals surface area contributed by atoms with Crippen molar-refractivity contribution in [2.75, 3.05) is 16.8 Å². The summed E-state index contributed by atoms with van der Waals surface area (Å²) in [4.78, 5) is 28.2. The van der Waals surface area contributed by atoms with Gasteiger partial charge in [0.05, 0.1) is 17.9 Å². The maximum Gasteiger partial charge on any atom is 0.282 e. The van der Waals surface area contributed by atoms with Crippen LogP contribution < -0.4 is 15.0 Å². The van der Waals surface area contributed by atoms with Gasteiger partial charge in [-0.15, -0.1) is 0 Å². The SMILES string of the molecule is CCOc1ccccc1N1C(=O)C(Nc2cc(C)cc(C)c2)=C(c2ccc(F)cc2)C1=O. The first kappa shape index (κ1) is 21.3. The maximum atomic E-state index is 13.6. The summed E-state index contributed by atoms with van der Waals surface area (Å²) in [6, 6.07) is 18.3. The van der Waals surface area contributed by atoms with Crippen LogP contribution in [0.4, 0.5) is 15.8 Å². The summed E-state index contributed by atoms with van der Waals surface area (Å²) in [5, 5.41) is 3.15. The number of carbonyl (C=O) groups is 2. The molecule has 0 unspecified atom stereocenters. The van der Waals surface area contributed by atoms with Crippen molar-refractivity contribution in [2.24, 2.45) is 0 Å².